The fraction of sp³-hybridized carbons (Fsp3) is 0.619. The molecule has 1 heterocycles. The highest BCUT2D eigenvalue weighted by molar-refractivity contribution is 5.81. The number of ether oxygens (including phenoxy) is 1. The van der Waals surface area contributed by atoms with Crippen LogP contribution in [0.5, 0.6) is 5.75 Å². The quantitative estimate of drug-likeness (QED) is 0.827. The van der Waals surface area contributed by atoms with E-state index in [4.69, 9.17) is 4.74 Å². The van der Waals surface area contributed by atoms with Crippen molar-refractivity contribution in [2.24, 2.45) is 0 Å². The summed E-state index contributed by atoms with van der Waals surface area (Å²) in [6.07, 6.45) is 0.331. The molecule has 0 aromatic heterocycles. The molecule has 0 aliphatic carbocycles. The summed E-state index contributed by atoms with van der Waals surface area (Å²) in [6, 6.07) is 6.03. The van der Waals surface area contributed by atoms with Crippen molar-refractivity contribution in [3.8, 4) is 5.75 Å². The standard InChI is InChI=1S/C21H33N3O3/c1-15(2)22-20(25)14-23-10-7-11-24(13-12-23)21(26)18(5)27-19-9-6-8-16(3)17(19)4/h6,8-9,15,18H,7,10-14H2,1-5H3,(H,22,25). The van der Waals surface area contributed by atoms with Crippen molar-refractivity contribution < 1.29 is 14.3 Å². The Bertz CT molecular complexity index is 660. The predicted octanol–water partition coefficient (Wildman–Crippen LogP) is 2.13. The maximum Gasteiger partial charge on any atom is 0.263 e. The number of benzene rings is 1. The van der Waals surface area contributed by atoms with E-state index < -0.39 is 6.10 Å². The third-order valence-electron chi connectivity index (χ3n) is 4.92. The lowest BCUT2D eigenvalue weighted by Gasteiger charge is -2.25. The molecule has 1 aliphatic rings. The number of carbonyl (C=O) groups is 2. The molecule has 1 fully saturated rings. The topological polar surface area (TPSA) is 61.9 Å². The smallest absolute Gasteiger partial charge is 0.263 e. The molecule has 1 aromatic carbocycles. The number of nitrogens with one attached hydrogen (secondary N) is 1. The van der Waals surface area contributed by atoms with Crippen molar-refractivity contribution in [3.05, 3.63) is 29.3 Å². The second-order valence-electron chi connectivity index (χ2n) is 7.64. The van der Waals surface area contributed by atoms with Crippen LogP contribution in [-0.2, 0) is 9.59 Å². The Balaban J connectivity index is 1.89. The molecular formula is C21H33N3O3. The minimum atomic E-state index is -0.527. The van der Waals surface area contributed by atoms with Crippen LogP contribution in [-0.4, -0.2) is 66.5 Å². The van der Waals surface area contributed by atoms with Crippen LogP contribution in [0.2, 0.25) is 0 Å². The first kappa shape index (κ1) is 21.2. The van der Waals surface area contributed by atoms with Crippen LogP contribution < -0.4 is 10.1 Å². The monoisotopic (exact) mass is 375 g/mol. The lowest BCUT2D eigenvalue weighted by Crippen LogP contribution is -2.44. The van der Waals surface area contributed by atoms with E-state index in [1.807, 2.05) is 57.7 Å². The van der Waals surface area contributed by atoms with E-state index in [2.05, 4.69) is 10.2 Å². The van der Waals surface area contributed by atoms with Gasteiger partial charge in [-0.2, -0.15) is 0 Å². The molecule has 0 saturated carbocycles. The number of nitrogens with zero attached hydrogens (tertiary/aromatic N) is 2. The molecule has 0 radical (unpaired) electrons. The van der Waals surface area contributed by atoms with Crippen LogP contribution in [0.25, 0.3) is 0 Å². The third-order valence-corrected chi connectivity index (χ3v) is 4.92. The molecule has 1 unspecified atom stereocenters. The van der Waals surface area contributed by atoms with Gasteiger partial charge in [-0.05, 0) is 58.2 Å². The van der Waals surface area contributed by atoms with Crippen LogP contribution in [0.4, 0.5) is 0 Å². The molecule has 1 saturated heterocycles. The first-order valence-corrected chi connectivity index (χ1v) is 9.81. The highest BCUT2D eigenvalue weighted by Gasteiger charge is 2.25. The molecule has 1 N–H and O–H groups in total. The molecule has 27 heavy (non-hydrogen) atoms. The van der Waals surface area contributed by atoms with Crippen LogP contribution in [0.15, 0.2) is 18.2 Å². The summed E-state index contributed by atoms with van der Waals surface area (Å²) in [5, 5.41) is 2.92. The fourth-order valence-electron chi connectivity index (χ4n) is 3.27. The maximum absolute atomic E-state index is 12.8. The van der Waals surface area contributed by atoms with E-state index in [9.17, 15) is 9.59 Å². The van der Waals surface area contributed by atoms with Gasteiger partial charge >= 0.3 is 0 Å². The van der Waals surface area contributed by atoms with Crippen molar-refractivity contribution >= 4 is 11.8 Å². The van der Waals surface area contributed by atoms with Crippen molar-refractivity contribution in [1.29, 1.82) is 0 Å². The van der Waals surface area contributed by atoms with Gasteiger partial charge in [-0.15, -0.1) is 0 Å². The van der Waals surface area contributed by atoms with Gasteiger partial charge in [0.2, 0.25) is 5.91 Å². The third kappa shape index (κ3) is 6.24. The number of hydrogen-bond acceptors (Lipinski definition) is 4. The van der Waals surface area contributed by atoms with Crippen LogP contribution in [0.1, 0.15) is 38.3 Å². The molecular weight excluding hydrogens is 342 g/mol. The molecule has 6 heteroatoms. The molecule has 1 aliphatic heterocycles. The molecule has 1 aromatic rings. The molecule has 0 bridgehead atoms. The first-order chi connectivity index (χ1) is 12.8. The molecule has 1 atom stereocenters. The summed E-state index contributed by atoms with van der Waals surface area (Å²) >= 11 is 0. The van der Waals surface area contributed by atoms with E-state index in [0.29, 0.717) is 26.2 Å². The Morgan fingerprint density at radius 3 is 2.56 bits per heavy atom. The summed E-state index contributed by atoms with van der Waals surface area (Å²) in [6.45, 7) is 13.0. The van der Waals surface area contributed by atoms with Gasteiger partial charge in [0.1, 0.15) is 5.75 Å². The summed E-state index contributed by atoms with van der Waals surface area (Å²) in [5.41, 5.74) is 2.22. The Hall–Kier alpha value is -2.08. The lowest BCUT2D eigenvalue weighted by atomic mass is 10.1. The van der Waals surface area contributed by atoms with Crippen LogP contribution in [0, 0.1) is 13.8 Å². The second kappa shape index (κ2) is 9.74. The van der Waals surface area contributed by atoms with Crippen LogP contribution in [0.3, 0.4) is 0 Å². The van der Waals surface area contributed by atoms with Crippen LogP contribution >= 0.6 is 0 Å². The van der Waals surface area contributed by atoms with Crippen molar-refractivity contribution in [2.75, 3.05) is 32.7 Å². The normalized spacial score (nSPS) is 16.7. The largest absolute Gasteiger partial charge is 0.481 e. The van der Waals surface area contributed by atoms with E-state index in [1.54, 1.807) is 0 Å². The zero-order chi connectivity index (χ0) is 20.0. The zero-order valence-electron chi connectivity index (χ0n) is 17.2. The van der Waals surface area contributed by atoms with E-state index in [1.165, 1.54) is 0 Å². The van der Waals surface area contributed by atoms with Crippen molar-refractivity contribution in [2.45, 2.75) is 53.2 Å². The van der Waals surface area contributed by atoms with Gasteiger partial charge in [0.15, 0.2) is 6.10 Å². The molecule has 2 amide bonds. The molecule has 6 nitrogen and oxygen atoms in total. The minimum absolute atomic E-state index is 0.00406. The van der Waals surface area contributed by atoms with Gasteiger partial charge in [-0.3, -0.25) is 14.5 Å². The van der Waals surface area contributed by atoms with Gasteiger partial charge in [0.25, 0.3) is 5.91 Å². The summed E-state index contributed by atoms with van der Waals surface area (Å²) in [7, 11) is 0. The average molecular weight is 376 g/mol. The highest BCUT2D eigenvalue weighted by Crippen LogP contribution is 2.22. The Morgan fingerprint density at radius 2 is 1.85 bits per heavy atom. The van der Waals surface area contributed by atoms with E-state index in [-0.39, 0.29) is 17.9 Å². The van der Waals surface area contributed by atoms with Gasteiger partial charge in [-0.1, -0.05) is 12.1 Å². The first-order valence-electron chi connectivity index (χ1n) is 9.81. The number of aryl methyl sites for hydroxylation is 1. The molecule has 0 spiro atoms. The highest BCUT2D eigenvalue weighted by atomic mass is 16.5. The van der Waals surface area contributed by atoms with Crippen molar-refractivity contribution in [1.82, 2.24) is 15.1 Å². The number of hydrogen-bond donors (Lipinski definition) is 1. The van der Waals surface area contributed by atoms with Gasteiger partial charge in [0.05, 0.1) is 6.54 Å². The Kier molecular flexibility index (Phi) is 7.66. The SMILES string of the molecule is Cc1cccc(OC(C)C(=O)N2CCCN(CC(=O)NC(C)C)CC2)c1C. The number of rotatable bonds is 6. The Morgan fingerprint density at radius 1 is 1.11 bits per heavy atom. The predicted molar refractivity (Wildman–Crippen MR) is 107 cm³/mol. The maximum atomic E-state index is 12.8. The lowest BCUT2D eigenvalue weighted by molar-refractivity contribution is -0.137. The fourth-order valence-corrected chi connectivity index (χ4v) is 3.27. The number of carbonyl (C=O) groups excluding carboxylic acids is 2. The van der Waals surface area contributed by atoms with Crippen molar-refractivity contribution in [3.63, 3.8) is 0 Å². The number of amides is 2. The summed E-state index contributed by atoms with van der Waals surface area (Å²) in [4.78, 5) is 28.8. The average Bonchev–Trinajstić information content (AvgIpc) is 2.83. The van der Waals surface area contributed by atoms with E-state index >= 15 is 0 Å². The molecule has 2 rings (SSSR count). The summed E-state index contributed by atoms with van der Waals surface area (Å²) in [5.74, 6) is 0.804. The summed E-state index contributed by atoms with van der Waals surface area (Å²) < 4.78 is 5.95. The van der Waals surface area contributed by atoms with E-state index in [0.717, 1.165) is 29.8 Å². The molecule has 150 valence electrons. The van der Waals surface area contributed by atoms with Gasteiger partial charge in [0, 0.05) is 32.2 Å². The Labute approximate surface area is 162 Å². The minimum Gasteiger partial charge on any atom is -0.481 e. The zero-order valence-corrected chi connectivity index (χ0v) is 17.2. The van der Waals surface area contributed by atoms with Gasteiger partial charge in [-0.25, -0.2) is 0 Å². The second-order valence-corrected chi connectivity index (χ2v) is 7.64. The van der Waals surface area contributed by atoms with Gasteiger partial charge < -0.3 is 15.0 Å².